The molecule has 6 heteroatoms. The molecule has 4 nitrogen and oxygen atoms in total. The maximum Gasteiger partial charge on any atom is 0.253 e. The summed E-state index contributed by atoms with van der Waals surface area (Å²) in [7, 11) is 0. The summed E-state index contributed by atoms with van der Waals surface area (Å²) in [6, 6.07) is 4.99. The Balaban J connectivity index is 1.99. The molecule has 1 aromatic carbocycles. The Hall–Kier alpha value is -1.26. The van der Waals surface area contributed by atoms with Gasteiger partial charge in [-0.25, -0.2) is 0 Å². The Morgan fingerprint density at radius 1 is 1.15 bits per heavy atom. The van der Waals surface area contributed by atoms with E-state index in [2.05, 4.69) is 5.32 Å². The SMILES string of the molecule is CC(=O)NC1CCN(C(=O)c2cc(Cl)cc(Cl)c2)CC1. The summed E-state index contributed by atoms with van der Waals surface area (Å²) in [5.41, 5.74) is 0.500. The molecule has 1 aliphatic heterocycles. The number of hydrogen-bond donors (Lipinski definition) is 1. The van der Waals surface area contributed by atoms with Gasteiger partial charge in [0.15, 0.2) is 0 Å². The Bertz CT molecular complexity index is 506. The Kier molecular flexibility index (Phi) is 4.89. The molecular formula is C14H16Cl2N2O2. The molecule has 1 aromatic rings. The smallest absolute Gasteiger partial charge is 0.253 e. The Morgan fingerprint density at radius 3 is 2.20 bits per heavy atom. The van der Waals surface area contributed by atoms with Gasteiger partial charge >= 0.3 is 0 Å². The maximum absolute atomic E-state index is 12.4. The van der Waals surface area contributed by atoms with Crippen LogP contribution < -0.4 is 5.32 Å². The first kappa shape index (κ1) is 15.1. The molecule has 1 N–H and O–H groups in total. The van der Waals surface area contributed by atoms with E-state index in [0.29, 0.717) is 28.7 Å². The lowest BCUT2D eigenvalue weighted by Gasteiger charge is -2.32. The van der Waals surface area contributed by atoms with Gasteiger partial charge in [-0.15, -0.1) is 0 Å². The van der Waals surface area contributed by atoms with Gasteiger partial charge in [0.1, 0.15) is 0 Å². The van der Waals surface area contributed by atoms with Gasteiger partial charge in [-0.05, 0) is 31.0 Å². The minimum atomic E-state index is -0.0734. The van der Waals surface area contributed by atoms with Crippen LogP contribution in [0.2, 0.25) is 10.0 Å². The zero-order chi connectivity index (χ0) is 14.7. The van der Waals surface area contributed by atoms with Crippen molar-refractivity contribution in [2.24, 2.45) is 0 Å². The minimum absolute atomic E-state index is 0.0311. The lowest BCUT2D eigenvalue weighted by atomic mass is 10.0. The number of hydrogen-bond acceptors (Lipinski definition) is 2. The molecule has 2 rings (SSSR count). The van der Waals surface area contributed by atoms with Crippen LogP contribution in [-0.4, -0.2) is 35.8 Å². The number of carbonyl (C=O) groups excluding carboxylic acids is 2. The molecule has 0 aliphatic carbocycles. The monoisotopic (exact) mass is 314 g/mol. The number of rotatable bonds is 2. The number of nitrogens with one attached hydrogen (secondary N) is 1. The summed E-state index contributed by atoms with van der Waals surface area (Å²) in [5, 5.41) is 3.79. The quantitative estimate of drug-likeness (QED) is 0.912. The molecule has 108 valence electrons. The first-order chi connectivity index (χ1) is 9.45. The van der Waals surface area contributed by atoms with Gasteiger partial charge in [0.05, 0.1) is 0 Å². The van der Waals surface area contributed by atoms with Gasteiger partial charge in [0, 0.05) is 41.7 Å². The van der Waals surface area contributed by atoms with Gasteiger partial charge < -0.3 is 10.2 Å². The second-order valence-electron chi connectivity index (χ2n) is 4.93. The largest absolute Gasteiger partial charge is 0.353 e. The average molecular weight is 315 g/mol. The molecule has 20 heavy (non-hydrogen) atoms. The van der Waals surface area contributed by atoms with Crippen LogP contribution in [-0.2, 0) is 4.79 Å². The highest BCUT2D eigenvalue weighted by Crippen LogP contribution is 2.21. The van der Waals surface area contributed by atoms with Crippen molar-refractivity contribution in [3.05, 3.63) is 33.8 Å². The fourth-order valence-electron chi connectivity index (χ4n) is 2.37. The summed E-state index contributed by atoms with van der Waals surface area (Å²) in [4.78, 5) is 25.1. The third-order valence-electron chi connectivity index (χ3n) is 3.30. The number of benzene rings is 1. The van der Waals surface area contributed by atoms with E-state index >= 15 is 0 Å². The molecule has 0 bridgehead atoms. The zero-order valence-corrected chi connectivity index (χ0v) is 12.7. The van der Waals surface area contributed by atoms with E-state index in [0.717, 1.165) is 12.8 Å². The van der Waals surface area contributed by atoms with Crippen LogP contribution in [0.4, 0.5) is 0 Å². The van der Waals surface area contributed by atoms with Crippen molar-refractivity contribution in [2.75, 3.05) is 13.1 Å². The number of likely N-dealkylation sites (tertiary alicyclic amines) is 1. The molecule has 1 fully saturated rings. The van der Waals surface area contributed by atoms with Crippen LogP contribution in [0.5, 0.6) is 0 Å². The summed E-state index contributed by atoms with van der Waals surface area (Å²) in [5.74, 6) is -0.105. The normalized spacial score (nSPS) is 16.1. The molecule has 1 heterocycles. The Labute approximate surface area is 128 Å². The molecule has 0 radical (unpaired) electrons. The van der Waals surface area contributed by atoms with E-state index in [1.54, 1.807) is 23.1 Å². The Morgan fingerprint density at radius 2 is 1.70 bits per heavy atom. The van der Waals surface area contributed by atoms with Crippen molar-refractivity contribution < 1.29 is 9.59 Å². The second kappa shape index (κ2) is 6.46. The number of nitrogens with zero attached hydrogens (tertiary/aromatic N) is 1. The van der Waals surface area contributed by atoms with Gasteiger partial charge in [-0.2, -0.15) is 0 Å². The van der Waals surface area contributed by atoms with E-state index in [1.807, 2.05) is 0 Å². The lowest BCUT2D eigenvalue weighted by Crippen LogP contribution is -2.46. The highest BCUT2D eigenvalue weighted by Gasteiger charge is 2.24. The predicted molar refractivity (Wildman–Crippen MR) is 79.2 cm³/mol. The predicted octanol–water partition coefficient (Wildman–Crippen LogP) is 2.73. The van der Waals surface area contributed by atoms with Crippen molar-refractivity contribution in [1.29, 1.82) is 0 Å². The molecular weight excluding hydrogens is 299 g/mol. The summed E-state index contributed by atoms with van der Waals surface area (Å²) in [6.45, 7) is 2.74. The third kappa shape index (κ3) is 3.87. The van der Waals surface area contributed by atoms with Crippen LogP contribution >= 0.6 is 23.2 Å². The van der Waals surface area contributed by atoms with Gasteiger partial charge in [-0.1, -0.05) is 23.2 Å². The minimum Gasteiger partial charge on any atom is -0.353 e. The number of piperidine rings is 1. The molecule has 0 saturated carbocycles. The van der Waals surface area contributed by atoms with E-state index in [9.17, 15) is 9.59 Å². The van der Waals surface area contributed by atoms with Crippen LogP contribution in [0.25, 0.3) is 0 Å². The van der Waals surface area contributed by atoms with Crippen molar-refractivity contribution >= 4 is 35.0 Å². The molecule has 0 atom stereocenters. The number of amides is 2. The average Bonchev–Trinajstić information content (AvgIpc) is 2.37. The van der Waals surface area contributed by atoms with E-state index in [4.69, 9.17) is 23.2 Å². The van der Waals surface area contributed by atoms with Crippen molar-refractivity contribution in [1.82, 2.24) is 10.2 Å². The molecule has 0 spiro atoms. The van der Waals surface area contributed by atoms with Crippen LogP contribution in [0.1, 0.15) is 30.1 Å². The molecule has 1 aliphatic rings. The van der Waals surface area contributed by atoms with Crippen molar-refractivity contribution in [3.63, 3.8) is 0 Å². The third-order valence-corrected chi connectivity index (χ3v) is 3.74. The molecule has 2 amide bonds. The molecule has 0 unspecified atom stereocenters. The zero-order valence-electron chi connectivity index (χ0n) is 11.2. The van der Waals surface area contributed by atoms with Crippen LogP contribution in [0, 0.1) is 0 Å². The van der Waals surface area contributed by atoms with E-state index in [1.165, 1.54) is 6.92 Å². The van der Waals surface area contributed by atoms with Crippen LogP contribution in [0.15, 0.2) is 18.2 Å². The summed E-state index contributed by atoms with van der Waals surface area (Å²) in [6.07, 6.45) is 1.53. The summed E-state index contributed by atoms with van der Waals surface area (Å²) >= 11 is 11.8. The van der Waals surface area contributed by atoms with Crippen LogP contribution in [0.3, 0.4) is 0 Å². The molecule has 0 aromatic heterocycles. The second-order valence-corrected chi connectivity index (χ2v) is 5.80. The van der Waals surface area contributed by atoms with Crippen molar-refractivity contribution in [3.8, 4) is 0 Å². The summed E-state index contributed by atoms with van der Waals surface area (Å²) < 4.78 is 0. The van der Waals surface area contributed by atoms with Gasteiger partial charge in [-0.3, -0.25) is 9.59 Å². The van der Waals surface area contributed by atoms with Gasteiger partial charge in [0.2, 0.25) is 5.91 Å². The fraction of sp³-hybridized carbons (Fsp3) is 0.429. The maximum atomic E-state index is 12.4. The van der Waals surface area contributed by atoms with Crippen molar-refractivity contribution in [2.45, 2.75) is 25.8 Å². The first-order valence-electron chi connectivity index (χ1n) is 6.48. The fourth-order valence-corrected chi connectivity index (χ4v) is 2.90. The number of carbonyl (C=O) groups is 2. The molecule has 1 saturated heterocycles. The first-order valence-corrected chi connectivity index (χ1v) is 7.24. The highest BCUT2D eigenvalue weighted by molar-refractivity contribution is 6.35. The van der Waals surface area contributed by atoms with E-state index in [-0.39, 0.29) is 17.9 Å². The highest BCUT2D eigenvalue weighted by atomic mass is 35.5. The number of halogens is 2. The lowest BCUT2D eigenvalue weighted by molar-refractivity contribution is -0.119. The standard InChI is InChI=1S/C14H16Cl2N2O2/c1-9(19)17-13-2-4-18(5-3-13)14(20)10-6-11(15)8-12(16)7-10/h6-8,13H,2-5H2,1H3,(H,17,19). The van der Waals surface area contributed by atoms with E-state index < -0.39 is 0 Å². The van der Waals surface area contributed by atoms with Gasteiger partial charge in [0.25, 0.3) is 5.91 Å². The topological polar surface area (TPSA) is 49.4 Å².